The molecule has 0 unspecified atom stereocenters. The normalized spacial score (nSPS) is 10.4. The third kappa shape index (κ3) is 6.07. The van der Waals surface area contributed by atoms with E-state index in [-0.39, 0.29) is 5.97 Å². The molecule has 0 amide bonds. The molecule has 0 saturated carbocycles. The number of ether oxygens (including phenoxy) is 2. The first-order valence-corrected chi connectivity index (χ1v) is 8.71. The number of hydrogen-bond donors (Lipinski definition) is 0. The molecular weight excluding hydrogens is 300 g/mol. The molecule has 0 saturated heterocycles. The van der Waals surface area contributed by atoms with Crippen molar-refractivity contribution in [2.24, 2.45) is 0 Å². The number of carbonyl (C=O) groups is 1. The minimum atomic E-state index is -0.355. The number of aryl methyl sites for hydroxylation is 1. The largest absolute Gasteiger partial charge is 0.494 e. The van der Waals surface area contributed by atoms with Crippen LogP contribution in [0.15, 0.2) is 48.5 Å². The van der Waals surface area contributed by atoms with E-state index in [1.807, 2.05) is 37.3 Å². The average molecular weight is 326 g/mol. The molecular formula is C21H26O3. The highest BCUT2D eigenvalue weighted by Crippen LogP contribution is 2.17. The lowest BCUT2D eigenvalue weighted by Gasteiger charge is -2.08. The Morgan fingerprint density at radius 3 is 2.38 bits per heavy atom. The molecule has 0 atom stereocenters. The molecule has 0 aliphatic heterocycles. The van der Waals surface area contributed by atoms with Gasteiger partial charge in [-0.15, -0.1) is 0 Å². The van der Waals surface area contributed by atoms with Gasteiger partial charge in [0.1, 0.15) is 11.5 Å². The monoisotopic (exact) mass is 326 g/mol. The fraction of sp³-hybridized carbons (Fsp3) is 0.381. The molecule has 0 bridgehead atoms. The first kappa shape index (κ1) is 18.1. The van der Waals surface area contributed by atoms with Crippen LogP contribution >= 0.6 is 0 Å². The summed E-state index contributed by atoms with van der Waals surface area (Å²) in [5, 5.41) is 0. The van der Waals surface area contributed by atoms with Crippen LogP contribution in [0.4, 0.5) is 0 Å². The topological polar surface area (TPSA) is 35.5 Å². The first-order valence-electron chi connectivity index (χ1n) is 8.71. The second-order valence-electron chi connectivity index (χ2n) is 5.99. The molecule has 0 aliphatic carbocycles. The van der Waals surface area contributed by atoms with Crippen LogP contribution in [0, 0.1) is 6.92 Å². The summed E-state index contributed by atoms with van der Waals surface area (Å²) >= 11 is 0. The van der Waals surface area contributed by atoms with Crippen LogP contribution in [-0.4, -0.2) is 12.6 Å². The maximum atomic E-state index is 12.1. The zero-order valence-corrected chi connectivity index (χ0v) is 14.6. The Balaban J connectivity index is 1.79. The Kier molecular flexibility index (Phi) is 7.34. The van der Waals surface area contributed by atoms with Crippen LogP contribution < -0.4 is 9.47 Å². The van der Waals surface area contributed by atoms with Crippen LogP contribution in [0.3, 0.4) is 0 Å². The Labute approximate surface area is 144 Å². The van der Waals surface area contributed by atoms with Crippen LogP contribution in [-0.2, 0) is 0 Å². The van der Waals surface area contributed by atoms with Gasteiger partial charge in [0.05, 0.1) is 12.2 Å². The van der Waals surface area contributed by atoms with Gasteiger partial charge in [0.15, 0.2) is 0 Å². The molecule has 0 heterocycles. The van der Waals surface area contributed by atoms with Crippen molar-refractivity contribution in [1.82, 2.24) is 0 Å². The van der Waals surface area contributed by atoms with Gasteiger partial charge >= 0.3 is 5.97 Å². The van der Waals surface area contributed by atoms with Crippen molar-refractivity contribution in [1.29, 1.82) is 0 Å². The molecule has 128 valence electrons. The molecule has 0 fully saturated rings. The van der Waals surface area contributed by atoms with Crippen LogP contribution in [0.25, 0.3) is 0 Å². The van der Waals surface area contributed by atoms with E-state index in [0.29, 0.717) is 11.3 Å². The van der Waals surface area contributed by atoms with E-state index in [9.17, 15) is 4.79 Å². The second kappa shape index (κ2) is 9.76. The molecule has 0 aliphatic rings. The lowest BCUT2D eigenvalue weighted by Crippen LogP contribution is -2.08. The van der Waals surface area contributed by atoms with Crippen molar-refractivity contribution >= 4 is 5.97 Å². The van der Waals surface area contributed by atoms with Crippen LogP contribution in [0.2, 0.25) is 0 Å². The minimum Gasteiger partial charge on any atom is -0.494 e. The summed E-state index contributed by atoms with van der Waals surface area (Å²) in [5.74, 6) is 0.997. The van der Waals surface area contributed by atoms with E-state index in [1.165, 1.54) is 25.7 Å². The predicted octanol–water partition coefficient (Wildman–Crippen LogP) is 5.56. The molecule has 0 N–H and O–H groups in total. The molecule has 2 aromatic carbocycles. The zero-order chi connectivity index (χ0) is 17.2. The highest BCUT2D eigenvalue weighted by molar-refractivity contribution is 5.91. The summed E-state index contributed by atoms with van der Waals surface area (Å²) < 4.78 is 11.1. The van der Waals surface area contributed by atoms with Crippen molar-refractivity contribution in [3.63, 3.8) is 0 Å². The average Bonchev–Trinajstić information content (AvgIpc) is 2.58. The maximum Gasteiger partial charge on any atom is 0.343 e. The quantitative estimate of drug-likeness (QED) is 0.343. The van der Waals surface area contributed by atoms with Crippen LogP contribution in [0.1, 0.15) is 54.9 Å². The molecule has 0 radical (unpaired) electrons. The fourth-order valence-electron chi connectivity index (χ4n) is 2.43. The van der Waals surface area contributed by atoms with Gasteiger partial charge in [-0.2, -0.15) is 0 Å². The predicted molar refractivity (Wildman–Crippen MR) is 96.8 cm³/mol. The lowest BCUT2D eigenvalue weighted by molar-refractivity contribution is 0.0734. The Morgan fingerprint density at radius 2 is 1.67 bits per heavy atom. The number of unbranched alkanes of at least 4 members (excludes halogenated alkanes) is 4. The summed E-state index contributed by atoms with van der Waals surface area (Å²) in [6.45, 7) is 4.89. The molecule has 24 heavy (non-hydrogen) atoms. The van der Waals surface area contributed by atoms with Crippen molar-refractivity contribution in [2.75, 3.05) is 6.61 Å². The molecule has 3 nitrogen and oxygen atoms in total. The molecule has 0 spiro atoms. The molecule has 0 aromatic heterocycles. The molecule has 3 heteroatoms. The summed E-state index contributed by atoms with van der Waals surface area (Å²) in [6, 6.07) is 14.6. The van der Waals surface area contributed by atoms with Gasteiger partial charge in [0.2, 0.25) is 0 Å². The van der Waals surface area contributed by atoms with E-state index in [4.69, 9.17) is 9.47 Å². The van der Waals surface area contributed by atoms with Crippen molar-refractivity contribution in [2.45, 2.75) is 46.0 Å². The van der Waals surface area contributed by atoms with Gasteiger partial charge in [0.25, 0.3) is 0 Å². The Hall–Kier alpha value is -2.29. The van der Waals surface area contributed by atoms with E-state index in [0.717, 1.165) is 24.3 Å². The van der Waals surface area contributed by atoms with Gasteiger partial charge in [0, 0.05) is 0 Å². The molecule has 2 aromatic rings. The van der Waals surface area contributed by atoms with Gasteiger partial charge < -0.3 is 9.47 Å². The van der Waals surface area contributed by atoms with Gasteiger partial charge in [-0.3, -0.25) is 0 Å². The maximum absolute atomic E-state index is 12.1. The van der Waals surface area contributed by atoms with Gasteiger partial charge in [-0.1, -0.05) is 44.7 Å². The lowest BCUT2D eigenvalue weighted by atomic mass is 10.2. The van der Waals surface area contributed by atoms with E-state index in [1.54, 1.807) is 18.2 Å². The SMILES string of the molecule is CCCCCCCOc1ccc(C(=O)Oc2cccc(C)c2)cc1. The summed E-state index contributed by atoms with van der Waals surface area (Å²) in [7, 11) is 0. The number of esters is 1. The third-order valence-corrected chi connectivity index (χ3v) is 3.81. The number of rotatable bonds is 9. The van der Waals surface area contributed by atoms with Crippen molar-refractivity contribution < 1.29 is 14.3 Å². The summed E-state index contributed by atoms with van der Waals surface area (Å²) in [6.07, 6.45) is 6.08. The number of carbonyl (C=O) groups excluding carboxylic acids is 1. The van der Waals surface area contributed by atoms with Crippen molar-refractivity contribution in [3.05, 3.63) is 59.7 Å². The summed E-state index contributed by atoms with van der Waals surface area (Å²) in [4.78, 5) is 12.1. The first-order chi connectivity index (χ1) is 11.7. The van der Waals surface area contributed by atoms with Crippen molar-refractivity contribution in [3.8, 4) is 11.5 Å². The minimum absolute atomic E-state index is 0.355. The number of hydrogen-bond acceptors (Lipinski definition) is 3. The smallest absolute Gasteiger partial charge is 0.343 e. The highest BCUT2D eigenvalue weighted by atomic mass is 16.5. The second-order valence-corrected chi connectivity index (χ2v) is 5.99. The van der Waals surface area contributed by atoms with Crippen LogP contribution in [0.5, 0.6) is 11.5 Å². The van der Waals surface area contributed by atoms with Gasteiger partial charge in [-0.25, -0.2) is 4.79 Å². The van der Waals surface area contributed by atoms with E-state index in [2.05, 4.69) is 6.92 Å². The Morgan fingerprint density at radius 1 is 0.917 bits per heavy atom. The molecule has 2 rings (SSSR count). The van der Waals surface area contributed by atoms with E-state index >= 15 is 0 Å². The fourth-order valence-corrected chi connectivity index (χ4v) is 2.43. The summed E-state index contributed by atoms with van der Waals surface area (Å²) in [5.41, 5.74) is 1.58. The third-order valence-electron chi connectivity index (χ3n) is 3.81. The standard InChI is InChI=1S/C21H26O3/c1-3-4-5-6-7-15-23-19-13-11-18(12-14-19)21(22)24-20-10-8-9-17(2)16-20/h8-14,16H,3-7,15H2,1-2H3. The van der Waals surface area contributed by atoms with Gasteiger partial charge in [-0.05, 0) is 55.3 Å². The number of benzene rings is 2. The highest BCUT2D eigenvalue weighted by Gasteiger charge is 2.08. The zero-order valence-electron chi connectivity index (χ0n) is 14.6. The Bertz CT molecular complexity index is 632. The van der Waals surface area contributed by atoms with E-state index < -0.39 is 0 Å².